The van der Waals surface area contributed by atoms with E-state index in [9.17, 15) is 0 Å². The van der Waals surface area contributed by atoms with Crippen LogP contribution < -0.4 is 0 Å². The van der Waals surface area contributed by atoms with E-state index in [4.69, 9.17) is 9.68 Å². The summed E-state index contributed by atoms with van der Waals surface area (Å²) < 4.78 is 7.82. The second kappa shape index (κ2) is 9.36. The number of allylic oxidation sites excluding steroid dienone is 1. The molecule has 29 heavy (non-hydrogen) atoms. The summed E-state index contributed by atoms with van der Waals surface area (Å²) in [5.74, 6) is 3.35. The van der Waals surface area contributed by atoms with E-state index in [2.05, 4.69) is 60.0 Å². The molecule has 3 atom stereocenters. The Morgan fingerprint density at radius 3 is 2.83 bits per heavy atom. The van der Waals surface area contributed by atoms with Gasteiger partial charge in [0.2, 0.25) is 5.89 Å². The van der Waals surface area contributed by atoms with E-state index >= 15 is 0 Å². The summed E-state index contributed by atoms with van der Waals surface area (Å²) in [7, 11) is 4.03. The van der Waals surface area contributed by atoms with Crippen LogP contribution in [0.15, 0.2) is 28.6 Å². The van der Waals surface area contributed by atoms with Crippen molar-refractivity contribution in [1.29, 1.82) is 5.26 Å². The Morgan fingerprint density at radius 2 is 2.17 bits per heavy atom. The molecular formula is C22H32N6O. The summed E-state index contributed by atoms with van der Waals surface area (Å²) >= 11 is 0. The molecule has 1 aliphatic rings. The quantitative estimate of drug-likeness (QED) is 0.633. The topological polar surface area (TPSA) is 83.8 Å². The van der Waals surface area contributed by atoms with Crippen LogP contribution in [0.4, 0.5) is 0 Å². The molecule has 0 saturated heterocycles. The van der Waals surface area contributed by atoms with Crippen molar-refractivity contribution in [3.8, 4) is 17.7 Å². The Labute approximate surface area is 173 Å². The molecular weight excluding hydrogens is 364 g/mol. The van der Waals surface area contributed by atoms with Crippen molar-refractivity contribution in [1.82, 2.24) is 24.6 Å². The predicted molar refractivity (Wildman–Crippen MR) is 112 cm³/mol. The smallest absolute Gasteiger partial charge is 0.265 e. The lowest BCUT2D eigenvalue weighted by Gasteiger charge is -2.38. The number of imidazole rings is 1. The van der Waals surface area contributed by atoms with Crippen LogP contribution in [0.5, 0.6) is 0 Å². The molecule has 0 bridgehead atoms. The van der Waals surface area contributed by atoms with Gasteiger partial charge in [-0.05, 0) is 44.1 Å². The van der Waals surface area contributed by atoms with Crippen LogP contribution in [0, 0.1) is 35.0 Å². The average molecular weight is 397 g/mol. The van der Waals surface area contributed by atoms with Gasteiger partial charge in [-0.2, -0.15) is 5.26 Å². The van der Waals surface area contributed by atoms with E-state index in [0.717, 1.165) is 31.6 Å². The molecule has 0 amide bonds. The first-order chi connectivity index (χ1) is 13.9. The zero-order chi connectivity index (χ0) is 21.0. The molecule has 7 nitrogen and oxygen atoms in total. The van der Waals surface area contributed by atoms with Gasteiger partial charge in [-0.25, -0.2) is 4.98 Å². The van der Waals surface area contributed by atoms with Gasteiger partial charge in [0.1, 0.15) is 5.69 Å². The van der Waals surface area contributed by atoms with E-state index in [-0.39, 0.29) is 0 Å². The van der Waals surface area contributed by atoms with Gasteiger partial charge in [0.05, 0.1) is 18.6 Å². The number of hydrogen-bond donors (Lipinski definition) is 0. The minimum atomic E-state index is 0.419. The van der Waals surface area contributed by atoms with E-state index in [0.29, 0.717) is 41.9 Å². The third kappa shape index (κ3) is 5.13. The van der Waals surface area contributed by atoms with Crippen LogP contribution in [0.3, 0.4) is 0 Å². The monoisotopic (exact) mass is 396 g/mol. The highest BCUT2D eigenvalue weighted by Gasteiger charge is 2.33. The van der Waals surface area contributed by atoms with Gasteiger partial charge in [-0.15, -0.1) is 10.2 Å². The van der Waals surface area contributed by atoms with Crippen LogP contribution in [0.2, 0.25) is 0 Å². The van der Waals surface area contributed by atoms with E-state index in [1.165, 1.54) is 5.57 Å². The molecule has 0 spiro atoms. The standard InChI is InChI=1S/C22H32N6O/c1-15(2)19-10-17(16(3)9-18(19)13-27(4)8-6-7-23)11-21-25-26-22(29-21)20-12-24-14-28(20)5/h9,12,14-15,17-19H,6,8,10-11,13H2,1-5H3/t17-,18-,19-/m0/s1. The fourth-order valence-corrected chi connectivity index (χ4v) is 4.39. The van der Waals surface area contributed by atoms with Crippen LogP contribution in [0.1, 0.15) is 39.5 Å². The third-order valence-electron chi connectivity index (χ3n) is 6.14. The summed E-state index contributed by atoms with van der Waals surface area (Å²) in [4.78, 5) is 6.40. The van der Waals surface area contributed by atoms with Gasteiger partial charge in [-0.3, -0.25) is 0 Å². The normalized spacial score (nSPS) is 22.1. The summed E-state index contributed by atoms with van der Waals surface area (Å²) in [5, 5.41) is 17.3. The van der Waals surface area contributed by atoms with Gasteiger partial charge in [0.25, 0.3) is 5.89 Å². The highest BCUT2D eigenvalue weighted by molar-refractivity contribution is 5.44. The molecule has 2 aromatic rings. The number of hydrogen-bond acceptors (Lipinski definition) is 6. The minimum Gasteiger partial charge on any atom is -0.419 e. The second-order valence-electron chi connectivity index (χ2n) is 8.68. The van der Waals surface area contributed by atoms with Crippen LogP contribution in [-0.2, 0) is 13.5 Å². The van der Waals surface area contributed by atoms with Crippen LogP contribution in [0.25, 0.3) is 11.6 Å². The summed E-state index contributed by atoms with van der Waals surface area (Å²) in [6, 6.07) is 2.24. The molecule has 0 unspecified atom stereocenters. The van der Waals surface area contributed by atoms with Gasteiger partial charge >= 0.3 is 0 Å². The Morgan fingerprint density at radius 1 is 1.38 bits per heavy atom. The first-order valence-corrected chi connectivity index (χ1v) is 10.4. The van der Waals surface area contributed by atoms with Crippen molar-refractivity contribution < 1.29 is 4.42 Å². The first kappa shape index (κ1) is 21.3. The van der Waals surface area contributed by atoms with Crippen molar-refractivity contribution in [2.75, 3.05) is 20.1 Å². The minimum absolute atomic E-state index is 0.419. The Hall–Kier alpha value is -2.46. The molecule has 7 heteroatoms. The lowest BCUT2D eigenvalue weighted by atomic mass is 9.69. The highest BCUT2D eigenvalue weighted by Crippen LogP contribution is 2.39. The van der Waals surface area contributed by atoms with Crippen molar-refractivity contribution >= 4 is 0 Å². The Kier molecular flexibility index (Phi) is 6.86. The summed E-state index contributed by atoms with van der Waals surface area (Å²) in [6.07, 6.45) is 8.39. The van der Waals surface area contributed by atoms with Gasteiger partial charge in [0, 0.05) is 33.0 Å². The molecule has 0 radical (unpaired) electrons. The zero-order valence-corrected chi connectivity index (χ0v) is 18.2. The average Bonchev–Trinajstić information content (AvgIpc) is 3.30. The molecule has 2 aromatic heterocycles. The fourth-order valence-electron chi connectivity index (χ4n) is 4.39. The largest absolute Gasteiger partial charge is 0.419 e. The van der Waals surface area contributed by atoms with E-state index in [1.54, 1.807) is 12.5 Å². The maximum Gasteiger partial charge on any atom is 0.265 e. The molecule has 0 N–H and O–H groups in total. The highest BCUT2D eigenvalue weighted by atomic mass is 16.4. The van der Waals surface area contributed by atoms with E-state index < -0.39 is 0 Å². The number of nitriles is 1. The maximum absolute atomic E-state index is 8.84. The molecule has 1 aliphatic carbocycles. The summed E-state index contributed by atoms with van der Waals surface area (Å²) in [6.45, 7) is 8.67. The van der Waals surface area contributed by atoms with Gasteiger partial charge in [-0.1, -0.05) is 25.5 Å². The molecule has 0 saturated carbocycles. The van der Waals surface area contributed by atoms with Crippen molar-refractivity contribution in [2.24, 2.45) is 30.7 Å². The Bertz CT molecular complexity index is 874. The number of nitrogens with zero attached hydrogens (tertiary/aromatic N) is 6. The zero-order valence-electron chi connectivity index (χ0n) is 18.2. The first-order valence-electron chi connectivity index (χ1n) is 10.4. The van der Waals surface area contributed by atoms with E-state index in [1.807, 2.05) is 11.6 Å². The van der Waals surface area contributed by atoms with Crippen molar-refractivity contribution in [3.05, 3.63) is 30.1 Å². The lowest BCUT2D eigenvalue weighted by molar-refractivity contribution is 0.177. The molecule has 3 rings (SSSR count). The second-order valence-corrected chi connectivity index (χ2v) is 8.68. The predicted octanol–water partition coefficient (Wildman–Crippen LogP) is 3.71. The number of rotatable bonds is 8. The number of aryl methyl sites for hydroxylation is 1. The fraction of sp³-hybridized carbons (Fsp3) is 0.636. The lowest BCUT2D eigenvalue weighted by Crippen LogP contribution is -2.36. The summed E-state index contributed by atoms with van der Waals surface area (Å²) in [5.41, 5.74) is 2.24. The molecule has 0 aliphatic heterocycles. The van der Waals surface area contributed by atoms with Crippen molar-refractivity contribution in [3.63, 3.8) is 0 Å². The van der Waals surface area contributed by atoms with Gasteiger partial charge in [0.15, 0.2) is 0 Å². The maximum atomic E-state index is 8.84. The molecule has 0 aromatic carbocycles. The SMILES string of the molecule is CC1=C[C@@H](CN(C)CCC#N)[C@H](C(C)C)C[C@H]1Cc1nnc(-c2cncn2C)o1. The van der Waals surface area contributed by atoms with Gasteiger partial charge < -0.3 is 13.9 Å². The Balaban J connectivity index is 1.71. The molecule has 156 valence electrons. The molecule has 0 fully saturated rings. The molecule has 2 heterocycles. The third-order valence-corrected chi connectivity index (χ3v) is 6.14. The van der Waals surface area contributed by atoms with Crippen LogP contribution >= 0.6 is 0 Å². The van der Waals surface area contributed by atoms with Crippen LogP contribution in [-0.4, -0.2) is 44.8 Å². The number of aromatic nitrogens is 4. The van der Waals surface area contributed by atoms with Crippen molar-refractivity contribution in [2.45, 2.75) is 40.0 Å².